The molecule has 1 aromatic carbocycles. The number of benzene rings is 1. The number of nitrogens with zero attached hydrogens (tertiary/aromatic N) is 2. The lowest BCUT2D eigenvalue weighted by Crippen LogP contribution is -2.24. The van der Waals surface area contributed by atoms with Crippen molar-refractivity contribution in [3.8, 4) is 11.3 Å². The second kappa shape index (κ2) is 6.57. The molecule has 0 bridgehead atoms. The van der Waals surface area contributed by atoms with Gasteiger partial charge in [-0.25, -0.2) is 4.98 Å². The van der Waals surface area contributed by atoms with E-state index in [1.165, 1.54) is 0 Å². The molecule has 1 aliphatic heterocycles. The van der Waals surface area contributed by atoms with Crippen molar-refractivity contribution < 1.29 is 4.74 Å². The summed E-state index contributed by atoms with van der Waals surface area (Å²) in [6.07, 6.45) is 0.188. The van der Waals surface area contributed by atoms with Crippen molar-refractivity contribution in [2.45, 2.75) is 20.0 Å². The molecule has 1 saturated heterocycles. The molecule has 0 unspecified atom stereocenters. The third-order valence-corrected chi connectivity index (χ3v) is 5.12. The molecule has 0 radical (unpaired) electrons. The van der Waals surface area contributed by atoms with Crippen molar-refractivity contribution in [1.82, 2.24) is 9.97 Å². The number of ether oxygens (including phenoxy) is 1. The van der Waals surface area contributed by atoms with Gasteiger partial charge in [-0.05, 0) is 19.1 Å². The maximum atomic E-state index is 12.1. The van der Waals surface area contributed by atoms with Gasteiger partial charge < -0.3 is 14.6 Å². The predicted molar refractivity (Wildman–Crippen MR) is 105 cm³/mol. The summed E-state index contributed by atoms with van der Waals surface area (Å²) in [4.78, 5) is 22.6. The Morgan fingerprint density at radius 2 is 2.00 bits per heavy atom. The second-order valence-corrected chi connectivity index (χ2v) is 7.12. The Balaban J connectivity index is 1.91. The molecule has 3 aromatic rings. The van der Waals surface area contributed by atoms with Gasteiger partial charge in [0.1, 0.15) is 5.82 Å². The van der Waals surface area contributed by atoms with Gasteiger partial charge in [0.25, 0.3) is 0 Å². The predicted octanol–water partition coefficient (Wildman–Crippen LogP) is 3.37. The number of rotatable bonds is 3. The molecule has 0 aliphatic carbocycles. The smallest absolute Gasteiger partial charge is 0.182 e. The van der Waals surface area contributed by atoms with E-state index in [2.05, 4.69) is 22.9 Å². The average Bonchev–Trinajstić information content (AvgIpc) is 3.00. The molecule has 1 aliphatic rings. The number of hydrogen-bond acceptors (Lipinski definition) is 4. The van der Waals surface area contributed by atoms with Crippen LogP contribution in [-0.2, 0) is 4.74 Å². The fraction of sp³-hybridized carbons (Fsp3) is 0.333. The molecule has 1 fully saturated rings. The number of pyridine rings is 2. The minimum Gasteiger partial charge on any atom is -0.379 e. The Kier molecular flexibility index (Phi) is 4.24. The third-order valence-electron chi connectivity index (χ3n) is 5.12. The zero-order valence-corrected chi connectivity index (χ0v) is 15.3. The molecular weight excluding hydrogens is 326 g/mol. The minimum absolute atomic E-state index is 0.0000772. The molecule has 5 nitrogen and oxygen atoms in total. The maximum Gasteiger partial charge on any atom is 0.182 e. The molecule has 4 rings (SSSR count). The first-order chi connectivity index (χ1) is 12.5. The van der Waals surface area contributed by atoms with Gasteiger partial charge in [0.05, 0.1) is 17.3 Å². The first kappa shape index (κ1) is 16.8. The highest BCUT2D eigenvalue weighted by Gasteiger charge is 2.32. The van der Waals surface area contributed by atoms with Gasteiger partial charge in [-0.3, -0.25) is 4.79 Å². The molecule has 0 saturated carbocycles. The summed E-state index contributed by atoms with van der Waals surface area (Å²) in [5, 5.41) is 1.06. The van der Waals surface area contributed by atoms with Crippen molar-refractivity contribution in [3.63, 3.8) is 0 Å². The number of H-pyrrole nitrogens is 1. The third kappa shape index (κ3) is 2.99. The lowest BCUT2D eigenvalue weighted by molar-refractivity contribution is 0.0899. The Hall–Kier alpha value is -2.66. The van der Waals surface area contributed by atoms with E-state index in [4.69, 9.17) is 9.72 Å². The quantitative estimate of drug-likeness (QED) is 0.788. The monoisotopic (exact) mass is 349 g/mol. The van der Waals surface area contributed by atoms with Crippen LogP contribution in [0.1, 0.15) is 12.6 Å². The molecular formula is C21H23N3O2. The lowest BCUT2D eigenvalue weighted by Gasteiger charge is -2.21. The molecule has 2 aromatic heterocycles. The highest BCUT2D eigenvalue weighted by atomic mass is 16.5. The fourth-order valence-electron chi connectivity index (χ4n) is 3.79. The fourth-order valence-corrected chi connectivity index (χ4v) is 3.79. The molecule has 0 amide bonds. The van der Waals surface area contributed by atoms with Crippen LogP contribution in [-0.4, -0.2) is 36.3 Å². The van der Waals surface area contributed by atoms with Gasteiger partial charge in [-0.2, -0.15) is 0 Å². The van der Waals surface area contributed by atoms with E-state index in [-0.39, 0.29) is 11.5 Å². The van der Waals surface area contributed by atoms with E-state index >= 15 is 0 Å². The minimum atomic E-state index is -0.0000772. The number of para-hydroxylation sites is 1. The summed E-state index contributed by atoms with van der Waals surface area (Å²) >= 11 is 0. The molecule has 134 valence electrons. The number of aromatic amines is 1. The summed E-state index contributed by atoms with van der Waals surface area (Å²) in [7, 11) is 1.76. The number of aryl methyl sites for hydroxylation is 1. The normalized spacial score (nSPS) is 20.0. The van der Waals surface area contributed by atoms with Crippen molar-refractivity contribution in [2.75, 3.05) is 25.1 Å². The SMILES string of the molecule is CO[C@H]1CN(c2nc3ccccc3cc2-c2cc(=O)cc(C)[nH]2)C[C@H]1C. The van der Waals surface area contributed by atoms with Gasteiger partial charge in [0.15, 0.2) is 5.43 Å². The summed E-state index contributed by atoms with van der Waals surface area (Å²) in [6, 6.07) is 13.4. The summed E-state index contributed by atoms with van der Waals surface area (Å²) in [6.45, 7) is 5.78. The number of fused-ring (bicyclic) bond motifs is 1. The van der Waals surface area contributed by atoms with Crippen molar-refractivity contribution >= 4 is 16.7 Å². The van der Waals surface area contributed by atoms with E-state index in [9.17, 15) is 4.79 Å². The second-order valence-electron chi connectivity index (χ2n) is 7.12. The highest BCUT2D eigenvalue weighted by molar-refractivity contribution is 5.89. The van der Waals surface area contributed by atoms with Crippen molar-refractivity contribution in [1.29, 1.82) is 0 Å². The van der Waals surface area contributed by atoms with Crippen LogP contribution in [0.3, 0.4) is 0 Å². The van der Waals surface area contributed by atoms with E-state index in [1.54, 1.807) is 19.2 Å². The number of aromatic nitrogens is 2. The molecule has 26 heavy (non-hydrogen) atoms. The first-order valence-electron chi connectivity index (χ1n) is 8.94. The van der Waals surface area contributed by atoms with Gasteiger partial charge in [-0.1, -0.05) is 25.1 Å². The van der Waals surface area contributed by atoms with E-state index in [0.717, 1.165) is 46.8 Å². The van der Waals surface area contributed by atoms with Crippen molar-refractivity contribution in [3.05, 3.63) is 58.4 Å². The summed E-state index contributed by atoms with van der Waals surface area (Å²) < 4.78 is 5.62. The number of nitrogens with one attached hydrogen (secondary N) is 1. The largest absolute Gasteiger partial charge is 0.379 e. The molecule has 2 atom stereocenters. The number of hydrogen-bond donors (Lipinski definition) is 1. The van der Waals surface area contributed by atoms with Crippen molar-refractivity contribution in [2.24, 2.45) is 5.92 Å². The zero-order valence-electron chi connectivity index (χ0n) is 15.3. The van der Waals surface area contributed by atoms with Gasteiger partial charge in [0.2, 0.25) is 0 Å². The van der Waals surface area contributed by atoms with Gasteiger partial charge in [0, 0.05) is 54.9 Å². The summed E-state index contributed by atoms with van der Waals surface area (Å²) in [5.41, 5.74) is 3.55. The van der Waals surface area contributed by atoms with E-state index in [1.807, 2.05) is 31.2 Å². The molecule has 1 N–H and O–H groups in total. The highest BCUT2D eigenvalue weighted by Crippen LogP contribution is 2.34. The van der Waals surface area contributed by atoms with Crippen LogP contribution >= 0.6 is 0 Å². The van der Waals surface area contributed by atoms with Gasteiger partial charge in [-0.15, -0.1) is 0 Å². The zero-order chi connectivity index (χ0) is 18.3. The van der Waals surface area contributed by atoms with Crippen LogP contribution in [0.4, 0.5) is 5.82 Å². The molecule has 3 heterocycles. The Bertz CT molecular complexity index is 1010. The van der Waals surface area contributed by atoms with E-state index < -0.39 is 0 Å². The maximum absolute atomic E-state index is 12.1. The van der Waals surface area contributed by atoms with Crippen LogP contribution in [0, 0.1) is 12.8 Å². The van der Waals surface area contributed by atoms with Crippen LogP contribution in [0.15, 0.2) is 47.3 Å². The topological polar surface area (TPSA) is 58.2 Å². The molecule has 0 spiro atoms. The standard InChI is InChI=1S/C21H23N3O2/c1-13-11-24(12-20(13)26-3)21-17(19-10-16(25)8-14(2)22-19)9-15-6-4-5-7-18(15)23-21/h4-10,13,20H,11-12H2,1-3H3,(H,22,25)/t13-,20+/m1/s1. The van der Waals surface area contributed by atoms with Crippen LogP contribution < -0.4 is 10.3 Å². The summed E-state index contributed by atoms with van der Waals surface area (Å²) in [5.74, 6) is 1.33. The Morgan fingerprint density at radius 1 is 1.19 bits per heavy atom. The van der Waals surface area contributed by atoms with Crippen LogP contribution in [0.5, 0.6) is 0 Å². The first-order valence-corrected chi connectivity index (χ1v) is 8.94. The number of methoxy groups -OCH3 is 1. The van der Waals surface area contributed by atoms with E-state index in [0.29, 0.717) is 5.92 Å². The lowest BCUT2D eigenvalue weighted by atomic mass is 10.1. The average molecular weight is 349 g/mol. The molecule has 5 heteroatoms. The van der Waals surface area contributed by atoms with Gasteiger partial charge >= 0.3 is 0 Å². The van der Waals surface area contributed by atoms with Crippen LogP contribution in [0.25, 0.3) is 22.2 Å². The van der Waals surface area contributed by atoms with Crippen LogP contribution in [0.2, 0.25) is 0 Å². The number of anilines is 1. The Morgan fingerprint density at radius 3 is 2.73 bits per heavy atom. The Labute approximate surface area is 152 Å².